The third-order valence-electron chi connectivity index (χ3n) is 4.20. The zero-order chi connectivity index (χ0) is 16.7. The molecule has 1 fully saturated rings. The van der Waals surface area contributed by atoms with Gasteiger partial charge in [0, 0.05) is 12.5 Å². The molecular weight excluding hydrogens is 294 g/mol. The van der Waals surface area contributed by atoms with Crippen molar-refractivity contribution in [1.29, 1.82) is 0 Å². The highest BCUT2D eigenvalue weighted by Gasteiger charge is 2.30. The van der Waals surface area contributed by atoms with Crippen LogP contribution >= 0.6 is 0 Å². The van der Waals surface area contributed by atoms with Gasteiger partial charge in [-0.15, -0.1) is 0 Å². The summed E-state index contributed by atoms with van der Waals surface area (Å²) < 4.78 is 5.65. The minimum atomic E-state index is -0.755. The van der Waals surface area contributed by atoms with Gasteiger partial charge >= 0.3 is 5.97 Å². The summed E-state index contributed by atoms with van der Waals surface area (Å²) in [6.07, 6.45) is 4.03. The third kappa shape index (κ3) is 5.93. The molecule has 126 valence electrons. The van der Waals surface area contributed by atoms with Crippen LogP contribution in [-0.4, -0.2) is 29.6 Å². The third-order valence-corrected chi connectivity index (χ3v) is 4.20. The van der Waals surface area contributed by atoms with Gasteiger partial charge < -0.3 is 15.2 Å². The molecule has 0 spiro atoms. The van der Waals surface area contributed by atoms with Crippen LogP contribution in [-0.2, 0) is 9.59 Å². The van der Waals surface area contributed by atoms with Gasteiger partial charge in [0.1, 0.15) is 5.75 Å². The highest BCUT2D eigenvalue weighted by atomic mass is 16.5. The molecule has 1 aromatic carbocycles. The molecule has 1 aromatic rings. The number of nitrogens with one attached hydrogen (secondary N) is 1. The van der Waals surface area contributed by atoms with E-state index in [0.29, 0.717) is 25.9 Å². The molecule has 0 radical (unpaired) electrons. The van der Waals surface area contributed by atoms with Gasteiger partial charge in [0.2, 0.25) is 5.91 Å². The van der Waals surface area contributed by atoms with E-state index in [1.54, 1.807) is 0 Å². The first-order chi connectivity index (χ1) is 11.0. The molecule has 0 saturated heterocycles. The van der Waals surface area contributed by atoms with E-state index >= 15 is 0 Å². The maximum atomic E-state index is 11.9. The van der Waals surface area contributed by atoms with Crippen molar-refractivity contribution in [3.05, 3.63) is 29.8 Å². The van der Waals surface area contributed by atoms with Crippen molar-refractivity contribution in [3.8, 4) is 5.75 Å². The van der Waals surface area contributed by atoms with E-state index < -0.39 is 5.97 Å². The van der Waals surface area contributed by atoms with E-state index in [1.165, 1.54) is 0 Å². The highest BCUT2D eigenvalue weighted by Crippen LogP contribution is 2.25. The Kier molecular flexibility index (Phi) is 6.44. The molecular formula is C18H25NO4. The smallest absolute Gasteiger partial charge is 0.306 e. The molecule has 1 amide bonds. The number of hydrogen-bond donors (Lipinski definition) is 2. The Bertz CT molecular complexity index is 544. The number of aryl methyl sites for hydroxylation is 1. The van der Waals surface area contributed by atoms with Crippen molar-refractivity contribution < 1.29 is 19.4 Å². The van der Waals surface area contributed by atoms with E-state index in [4.69, 9.17) is 9.84 Å². The summed E-state index contributed by atoms with van der Waals surface area (Å²) in [5, 5.41) is 11.9. The molecule has 5 nitrogen and oxygen atoms in total. The number of carboxylic acid groups (broad SMARTS) is 1. The second-order valence-electron chi connectivity index (χ2n) is 6.23. The Morgan fingerprint density at radius 2 is 2.13 bits per heavy atom. The van der Waals surface area contributed by atoms with E-state index in [0.717, 1.165) is 30.6 Å². The van der Waals surface area contributed by atoms with Crippen molar-refractivity contribution in [3.63, 3.8) is 0 Å². The fourth-order valence-corrected chi connectivity index (χ4v) is 2.92. The quantitative estimate of drug-likeness (QED) is 0.722. The van der Waals surface area contributed by atoms with Crippen LogP contribution in [0.2, 0.25) is 0 Å². The van der Waals surface area contributed by atoms with Gasteiger partial charge in [0.05, 0.1) is 12.5 Å². The summed E-state index contributed by atoms with van der Waals surface area (Å²) >= 11 is 0. The fraction of sp³-hybridized carbons (Fsp3) is 0.556. The van der Waals surface area contributed by atoms with Crippen LogP contribution in [0.3, 0.4) is 0 Å². The van der Waals surface area contributed by atoms with Crippen LogP contribution in [0, 0.1) is 12.8 Å². The van der Waals surface area contributed by atoms with Crippen LogP contribution in [0.5, 0.6) is 5.75 Å². The minimum Gasteiger partial charge on any atom is -0.494 e. The Labute approximate surface area is 137 Å². The van der Waals surface area contributed by atoms with Gasteiger partial charge in [-0.2, -0.15) is 0 Å². The number of carbonyl (C=O) groups excluding carboxylic acids is 1. The molecule has 0 unspecified atom stereocenters. The summed E-state index contributed by atoms with van der Waals surface area (Å²) in [7, 11) is 0. The molecule has 0 aromatic heterocycles. The normalized spacial score (nSPS) is 20.2. The summed E-state index contributed by atoms with van der Waals surface area (Å²) in [5.41, 5.74) is 1.16. The van der Waals surface area contributed by atoms with E-state index in [1.807, 2.05) is 31.2 Å². The average Bonchev–Trinajstić information content (AvgIpc) is 2.95. The van der Waals surface area contributed by atoms with Gasteiger partial charge in [-0.1, -0.05) is 12.1 Å². The number of benzene rings is 1. The lowest BCUT2D eigenvalue weighted by Crippen LogP contribution is -2.33. The van der Waals surface area contributed by atoms with Crippen LogP contribution in [0.4, 0.5) is 0 Å². The number of aliphatic carboxylic acids is 1. The maximum Gasteiger partial charge on any atom is 0.306 e. The van der Waals surface area contributed by atoms with Gasteiger partial charge in [-0.05, 0) is 56.7 Å². The standard InChI is InChI=1S/C18H25NO4/c1-13-5-4-6-16(11-13)23-10-3-2-7-17(20)19-15-9-8-14(12-15)18(21)22/h4-6,11,14-15H,2-3,7-10,12H2,1H3,(H,19,20)(H,21,22)/t14-,15+/m1/s1. The number of hydrogen-bond acceptors (Lipinski definition) is 3. The van der Waals surface area contributed by atoms with Gasteiger partial charge in [0.25, 0.3) is 0 Å². The lowest BCUT2D eigenvalue weighted by Gasteiger charge is -2.12. The number of rotatable bonds is 8. The average molecular weight is 319 g/mol. The van der Waals surface area contributed by atoms with Crippen molar-refractivity contribution in [1.82, 2.24) is 5.32 Å². The van der Waals surface area contributed by atoms with E-state index in [9.17, 15) is 9.59 Å². The van der Waals surface area contributed by atoms with Crippen LogP contribution in [0.1, 0.15) is 44.1 Å². The number of carbonyl (C=O) groups is 2. The largest absolute Gasteiger partial charge is 0.494 e. The molecule has 1 aliphatic carbocycles. The predicted molar refractivity (Wildman–Crippen MR) is 87.4 cm³/mol. The fourth-order valence-electron chi connectivity index (χ4n) is 2.92. The van der Waals surface area contributed by atoms with Crippen molar-refractivity contribution in [2.24, 2.45) is 5.92 Å². The summed E-state index contributed by atoms with van der Waals surface area (Å²) in [4.78, 5) is 22.7. The lowest BCUT2D eigenvalue weighted by molar-refractivity contribution is -0.141. The first kappa shape index (κ1) is 17.3. The molecule has 1 aliphatic rings. The SMILES string of the molecule is Cc1cccc(OCCCCC(=O)N[C@H]2CC[C@@H](C(=O)O)C2)c1. The molecule has 1 saturated carbocycles. The molecule has 0 heterocycles. The zero-order valence-corrected chi connectivity index (χ0v) is 13.6. The Hall–Kier alpha value is -2.04. The van der Waals surface area contributed by atoms with Crippen LogP contribution in [0.25, 0.3) is 0 Å². The highest BCUT2D eigenvalue weighted by molar-refractivity contribution is 5.76. The topological polar surface area (TPSA) is 75.6 Å². The summed E-state index contributed by atoms with van der Waals surface area (Å²) in [6.45, 7) is 2.62. The summed E-state index contributed by atoms with van der Waals surface area (Å²) in [5.74, 6) is -0.185. The first-order valence-electron chi connectivity index (χ1n) is 8.26. The molecule has 2 atom stereocenters. The van der Waals surface area contributed by atoms with Gasteiger partial charge in [0.15, 0.2) is 0 Å². The molecule has 23 heavy (non-hydrogen) atoms. The molecule has 5 heteroatoms. The molecule has 0 aliphatic heterocycles. The predicted octanol–water partition coefficient (Wildman–Crippen LogP) is 2.91. The second-order valence-corrected chi connectivity index (χ2v) is 6.23. The van der Waals surface area contributed by atoms with Crippen molar-refractivity contribution in [2.75, 3.05) is 6.61 Å². The van der Waals surface area contributed by atoms with Crippen LogP contribution in [0.15, 0.2) is 24.3 Å². The minimum absolute atomic E-state index is 0.0107. The molecule has 2 rings (SSSR count). The zero-order valence-electron chi connectivity index (χ0n) is 13.6. The number of amides is 1. The lowest BCUT2D eigenvalue weighted by atomic mass is 10.1. The van der Waals surface area contributed by atoms with E-state index in [2.05, 4.69) is 5.32 Å². The Morgan fingerprint density at radius 3 is 2.83 bits per heavy atom. The number of carboxylic acids is 1. The number of unbranched alkanes of at least 4 members (excludes halogenated alkanes) is 1. The van der Waals surface area contributed by atoms with Crippen molar-refractivity contribution >= 4 is 11.9 Å². The molecule has 0 bridgehead atoms. The van der Waals surface area contributed by atoms with Gasteiger partial charge in [-0.25, -0.2) is 0 Å². The van der Waals surface area contributed by atoms with Crippen molar-refractivity contribution in [2.45, 2.75) is 51.5 Å². The maximum absolute atomic E-state index is 11.9. The monoisotopic (exact) mass is 319 g/mol. The van der Waals surface area contributed by atoms with Gasteiger partial charge in [-0.3, -0.25) is 9.59 Å². The first-order valence-corrected chi connectivity index (χ1v) is 8.26. The van der Waals surface area contributed by atoms with E-state index in [-0.39, 0.29) is 17.9 Å². The summed E-state index contributed by atoms with van der Waals surface area (Å²) in [6, 6.07) is 7.93. The number of ether oxygens (including phenoxy) is 1. The second kappa shape index (κ2) is 8.56. The Morgan fingerprint density at radius 1 is 1.30 bits per heavy atom. The molecule has 2 N–H and O–H groups in total. The Balaban J connectivity index is 1.56. The van der Waals surface area contributed by atoms with Crippen LogP contribution < -0.4 is 10.1 Å².